The SMILES string of the molecule is CCOCc1ccccc1CNC1CCC(C)CC1. The molecule has 1 aromatic carbocycles. The smallest absolute Gasteiger partial charge is 0.0719 e. The van der Waals surface area contributed by atoms with Crippen LogP contribution in [-0.4, -0.2) is 12.6 Å². The van der Waals surface area contributed by atoms with E-state index in [0.29, 0.717) is 6.04 Å². The normalized spacial score (nSPS) is 23.5. The van der Waals surface area contributed by atoms with Crippen LogP contribution < -0.4 is 5.32 Å². The van der Waals surface area contributed by atoms with Crippen molar-refractivity contribution in [1.29, 1.82) is 0 Å². The lowest BCUT2D eigenvalue weighted by Gasteiger charge is -2.27. The van der Waals surface area contributed by atoms with Gasteiger partial charge in [0.15, 0.2) is 0 Å². The van der Waals surface area contributed by atoms with Gasteiger partial charge >= 0.3 is 0 Å². The summed E-state index contributed by atoms with van der Waals surface area (Å²) >= 11 is 0. The highest BCUT2D eigenvalue weighted by Gasteiger charge is 2.17. The topological polar surface area (TPSA) is 21.3 Å². The molecule has 0 bridgehead atoms. The minimum absolute atomic E-state index is 0.705. The maximum Gasteiger partial charge on any atom is 0.0719 e. The summed E-state index contributed by atoms with van der Waals surface area (Å²) in [7, 11) is 0. The van der Waals surface area contributed by atoms with Gasteiger partial charge in [0.1, 0.15) is 0 Å². The minimum atomic E-state index is 0.705. The van der Waals surface area contributed by atoms with Gasteiger partial charge < -0.3 is 10.1 Å². The summed E-state index contributed by atoms with van der Waals surface area (Å²) in [6, 6.07) is 9.31. The molecular formula is C17H27NO. The summed E-state index contributed by atoms with van der Waals surface area (Å²) in [6.07, 6.45) is 5.40. The summed E-state index contributed by atoms with van der Waals surface area (Å²) in [5.74, 6) is 0.920. The molecule has 0 saturated heterocycles. The Balaban J connectivity index is 1.84. The van der Waals surface area contributed by atoms with Gasteiger partial charge in [0.25, 0.3) is 0 Å². The Morgan fingerprint density at radius 3 is 2.47 bits per heavy atom. The van der Waals surface area contributed by atoms with Crippen molar-refractivity contribution in [1.82, 2.24) is 5.32 Å². The number of benzene rings is 1. The maximum atomic E-state index is 5.54. The Kier molecular flexibility index (Phi) is 5.87. The fraction of sp³-hybridized carbons (Fsp3) is 0.647. The van der Waals surface area contributed by atoms with E-state index in [1.165, 1.54) is 36.8 Å². The third kappa shape index (κ3) is 4.63. The Labute approximate surface area is 117 Å². The van der Waals surface area contributed by atoms with E-state index in [-0.39, 0.29) is 0 Å². The zero-order chi connectivity index (χ0) is 13.5. The van der Waals surface area contributed by atoms with Gasteiger partial charge in [0.2, 0.25) is 0 Å². The molecule has 2 rings (SSSR count). The van der Waals surface area contributed by atoms with Crippen LogP contribution in [0.1, 0.15) is 50.7 Å². The molecule has 0 heterocycles. The molecule has 0 spiro atoms. The van der Waals surface area contributed by atoms with Crippen LogP contribution in [0.2, 0.25) is 0 Å². The second kappa shape index (κ2) is 7.66. The molecule has 1 aliphatic carbocycles. The molecule has 0 atom stereocenters. The van der Waals surface area contributed by atoms with Crippen molar-refractivity contribution in [3.8, 4) is 0 Å². The summed E-state index contributed by atoms with van der Waals surface area (Å²) in [5.41, 5.74) is 2.70. The monoisotopic (exact) mass is 261 g/mol. The largest absolute Gasteiger partial charge is 0.377 e. The standard InChI is InChI=1S/C17H27NO/c1-3-19-13-16-7-5-4-6-15(16)12-18-17-10-8-14(2)9-11-17/h4-7,14,17-18H,3,8-13H2,1-2H3. The van der Waals surface area contributed by atoms with Crippen LogP contribution in [0.3, 0.4) is 0 Å². The Hall–Kier alpha value is -0.860. The van der Waals surface area contributed by atoms with Crippen molar-refractivity contribution in [2.75, 3.05) is 6.61 Å². The van der Waals surface area contributed by atoms with Gasteiger partial charge in [-0.25, -0.2) is 0 Å². The van der Waals surface area contributed by atoms with Crippen LogP contribution in [0.15, 0.2) is 24.3 Å². The molecule has 0 unspecified atom stereocenters. The number of nitrogens with one attached hydrogen (secondary N) is 1. The Morgan fingerprint density at radius 1 is 1.11 bits per heavy atom. The average molecular weight is 261 g/mol. The van der Waals surface area contributed by atoms with E-state index in [2.05, 4.69) is 36.5 Å². The lowest BCUT2D eigenvalue weighted by Crippen LogP contribution is -2.32. The molecule has 0 aliphatic heterocycles. The Morgan fingerprint density at radius 2 is 1.79 bits per heavy atom. The van der Waals surface area contributed by atoms with Crippen molar-refractivity contribution in [3.05, 3.63) is 35.4 Å². The molecule has 0 amide bonds. The molecule has 1 aromatic rings. The predicted molar refractivity (Wildman–Crippen MR) is 80.0 cm³/mol. The number of ether oxygens (including phenoxy) is 1. The van der Waals surface area contributed by atoms with Gasteiger partial charge in [-0.3, -0.25) is 0 Å². The fourth-order valence-electron chi connectivity index (χ4n) is 2.80. The molecule has 0 radical (unpaired) electrons. The van der Waals surface area contributed by atoms with Gasteiger partial charge in [-0.2, -0.15) is 0 Å². The first-order valence-corrected chi connectivity index (χ1v) is 7.67. The van der Waals surface area contributed by atoms with Gasteiger partial charge in [0, 0.05) is 19.2 Å². The molecule has 1 fully saturated rings. The molecule has 1 N–H and O–H groups in total. The lowest BCUT2D eigenvalue weighted by molar-refractivity contribution is 0.133. The zero-order valence-corrected chi connectivity index (χ0v) is 12.3. The Bertz CT molecular complexity index is 369. The summed E-state index contributed by atoms with van der Waals surface area (Å²) < 4.78 is 5.54. The summed E-state index contributed by atoms with van der Waals surface area (Å²) in [5, 5.41) is 3.72. The first-order valence-electron chi connectivity index (χ1n) is 7.67. The molecule has 106 valence electrons. The number of rotatable bonds is 6. The minimum Gasteiger partial charge on any atom is -0.377 e. The first kappa shape index (κ1) is 14.5. The van der Waals surface area contributed by atoms with E-state index in [1.807, 2.05) is 6.92 Å². The van der Waals surface area contributed by atoms with Crippen molar-refractivity contribution in [2.45, 2.75) is 58.7 Å². The van der Waals surface area contributed by atoms with E-state index in [0.717, 1.165) is 25.7 Å². The molecule has 1 aliphatic rings. The first-order chi connectivity index (χ1) is 9.29. The number of hydrogen-bond acceptors (Lipinski definition) is 2. The zero-order valence-electron chi connectivity index (χ0n) is 12.3. The van der Waals surface area contributed by atoms with E-state index in [1.54, 1.807) is 0 Å². The van der Waals surface area contributed by atoms with Gasteiger partial charge in [0.05, 0.1) is 6.61 Å². The van der Waals surface area contributed by atoms with Gasteiger partial charge in [-0.05, 0) is 49.7 Å². The second-order valence-corrected chi connectivity index (χ2v) is 5.74. The second-order valence-electron chi connectivity index (χ2n) is 5.74. The van der Waals surface area contributed by atoms with Crippen LogP contribution in [-0.2, 0) is 17.9 Å². The lowest BCUT2D eigenvalue weighted by atomic mass is 9.87. The van der Waals surface area contributed by atoms with Crippen molar-refractivity contribution in [3.63, 3.8) is 0 Å². The average Bonchev–Trinajstić information content (AvgIpc) is 2.45. The van der Waals surface area contributed by atoms with E-state index in [4.69, 9.17) is 4.74 Å². The van der Waals surface area contributed by atoms with Crippen LogP contribution in [0.25, 0.3) is 0 Å². The van der Waals surface area contributed by atoms with Crippen LogP contribution in [0.4, 0.5) is 0 Å². The van der Waals surface area contributed by atoms with Gasteiger partial charge in [-0.1, -0.05) is 31.2 Å². The summed E-state index contributed by atoms with van der Waals surface area (Å²) in [6.45, 7) is 6.90. The highest BCUT2D eigenvalue weighted by molar-refractivity contribution is 5.26. The van der Waals surface area contributed by atoms with Crippen LogP contribution in [0.5, 0.6) is 0 Å². The van der Waals surface area contributed by atoms with E-state index >= 15 is 0 Å². The van der Waals surface area contributed by atoms with Crippen LogP contribution >= 0.6 is 0 Å². The molecule has 1 saturated carbocycles. The highest BCUT2D eigenvalue weighted by Crippen LogP contribution is 2.23. The molecular weight excluding hydrogens is 234 g/mol. The van der Waals surface area contributed by atoms with E-state index in [9.17, 15) is 0 Å². The van der Waals surface area contributed by atoms with Crippen LogP contribution in [0, 0.1) is 5.92 Å². The molecule has 19 heavy (non-hydrogen) atoms. The summed E-state index contributed by atoms with van der Waals surface area (Å²) in [4.78, 5) is 0. The van der Waals surface area contributed by atoms with Gasteiger partial charge in [-0.15, -0.1) is 0 Å². The molecule has 2 nitrogen and oxygen atoms in total. The van der Waals surface area contributed by atoms with Crippen molar-refractivity contribution < 1.29 is 4.74 Å². The predicted octanol–water partition coefficient (Wildman–Crippen LogP) is 3.89. The fourth-order valence-corrected chi connectivity index (χ4v) is 2.80. The van der Waals surface area contributed by atoms with E-state index < -0.39 is 0 Å². The molecule has 0 aromatic heterocycles. The third-order valence-electron chi connectivity index (χ3n) is 4.18. The quantitative estimate of drug-likeness (QED) is 0.838. The highest BCUT2D eigenvalue weighted by atomic mass is 16.5. The van der Waals surface area contributed by atoms with Crippen molar-refractivity contribution in [2.24, 2.45) is 5.92 Å². The molecule has 2 heteroatoms. The maximum absolute atomic E-state index is 5.54. The van der Waals surface area contributed by atoms with Crippen molar-refractivity contribution >= 4 is 0 Å². The third-order valence-corrected chi connectivity index (χ3v) is 4.18. The number of hydrogen-bond donors (Lipinski definition) is 1.